The van der Waals surface area contributed by atoms with Gasteiger partial charge in [-0.1, -0.05) is 30.2 Å². The van der Waals surface area contributed by atoms with E-state index < -0.39 is 29.8 Å². The fraction of sp³-hybridized carbons (Fsp3) is 0.607. The summed E-state index contributed by atoms with van der Waals surface area (Å²) < 4.78 is 34.4. The number of aliphatic carboxylic acids is 1. The van der Waals surface area contributed by atoms with Crippen molar-refractivity contribution in [2.45, 2.75) is 70.9 Å². The lowest BCUT2D eigenvalue weighted by atomic mass is 9.74. The van der Waals surface area contributed by atoms with Gasteiger partial charge in [0.2, 0.25) is 11.8 Å². The normalized spacial score (nSPS) is 24.3. The first kappa shape index (κ1) is 29.2. The van der Waals surface area contributed by atoms with Crippen LogP contribution in [0.2, 0.25) is 5.02 Å². The number of halogens is 3. The SMILES string of the molecule is CCC1(C(=O)O)CCCC1C(=O)N1CCc2c(Cl)ccc(OCc3nnn(C)c3C(F)F)c2[C@H]1CN1CCCC1=O. The van der Waals surface area contributed by atoms with E-state index in [1.807, 2.05) is 0 Å². The second-order valence-electron chi connectivity index (χ2n) is 11.1. The number of hydrogen-bond donors (Lipinski definition) is 1. The van der Waals surface area contributed by atoms with Gasteiger partial charge in [-0.15, -0.1) is 5.10 Å². The summed E-state index contributed by atoms with van der Waals surface area (Å²) in [7, 11) is 1.38. The van der Waals surface area contributed by atoms with E-state index in [0.717, 1.165) is 10.2 Å². The number of amides is 2. The lowest BCUT2D eigenvalue weighted by Gasteiger charge is -2.43. The molecule has 0 spiro atoms. The molecule has 2 unspecified atom stereocenters. The molecule has 1 aliphatic carbocycles. The number of fused-ring (bicyclic) bond motifs is 1. The Bertz CT molecular complexity index is 1350. The van der Waals surface area contributed by atoms with Crippen LogP contribution in [0.25, 0.3) is 0 Å². The highest BCUT2D eigenvalue weighted by Crippen LogP contribution is 2.49. The van der Waals surface area contributed by atoms with Gasteiger partial charge in [0.05, 0.1) is 17.4 Å². The highest BCUT2D eigenvalue weighted by atomic mass is 35.5. The lowest BCUT2D eigenvalue weighted by molar-refractivity contribution is -0.159. The maximum absolute atomic E-state index is 14.2. The average Bonchev–Trinajstić information content (AvgIpc) is 3.66. The summed E-state index contributed by atoms with van der Waals surface area (Å²) in [6.45, 7) is 2.55. The molecule has 3 aliphatic rings. The molecule has 2 aromatic rings. The predicted octanol–water partition coefficient (Wildman–Crippen LogP) is 4.31. The van der Waals surface area contributed by atoms with Crippen LogP contribution < -0.4 is 4.74 Å². The molecule has 3 atom stereocenters. The first-order valence-corrected chi connectivity index (χ1v) is 14.4. The number of aryl methyl sites for hydroxylation is 1. The maximum atomic E-state index is 14.2. The molecule has 2 fully saturated rings. The Hall–Kier alpha value is -3.28. The van der Waals surface area contributed by atoms with Crippen molar-refractivity contribution in [2.24, 2.45) is 18.4 Å². The minimum Gasteiger partial charge on any atom is -0.487 e. The van der Waals surface area contributed by atoms with Crippen LogP contribution in [-0.4, -0.2) is 67.3 Å². The molecule has 10 nitrogen and oxygen atoms in total. The first-order valence-electron chi connectivity index (χ1n) is 14.0. The summed E-state index contributed by atoms with van der Waals surface area (Å²) in [5.74, 6) is -1.60. The second kappa shape index (κ2) is 11.5. The third-order valence-electron chi connectivity index (χ3n) is 9.07. The van der Waals surface area contributed by atoms with Crippen LogP contribution in [0.4, 0.5) is 8.78 Å². The number of carbonyl (C=O) groups is 3. The number of nitrogens with zero attached hydrogens (tertiary/aromatic N) is 5. The largest absolute Gasteiger partial charge is 0.487 e. The summed E-state index contributed by atoms with van der Waals surface area (Å²) in [4.78, 5) is 42.8. The third kappa shape index (κ3) is 5.15. The van der Waals surface area contributed by atoms with Gasteiger partial charge in [-0.25, -0.2) is 13.5 Å². The van der Waals surface area contributed by atoms with Gasteiger partial charge < -0.3 is 19.6 Å². The van der Waals surface area contributed by atoms with Gasteiger partial charge in [0.1, 0.15) is 23.7 Å². The van der Waals surface area contributed by atoms with Gasteiger partial charge in [-0.3, -0.25) is 14.4 Å². The molecule has 5 rings (SSSR count). The maximum Gasteiger partial charge on any atom is 0.310 e. The zero-order valence-corrected chi connectivity index (χ0v) is 23.9. The van der Waals surface area contributed by atoms with Crippen molar-refractivity contribution >= 4 is 29.4 Å². The fourth-order valence-electron chi connectivity index (χ4n) is 6.85. The van der Waals surface area contributed by atoms with Crippen molar-refractivity contribution in [1.82, 2.24) is 24.8 Å². The van der Waals surface area contributed by atoms with Crippen LogP contribution in [0.3, 0.4) is 0 Å². The molecule has 222 valence electrons. The molecule has 13 heteroatoms. The molecule has 3 heterocycles. The Morgan fingerprint density at radius 3 is 2.68 bits per heavy atom. The molecule has 1 aromatic carbocycles. The number of likely N-dealkylation sites (tertiary alicyclic amines) is 1. The van der Waals surface area contributed by atoms with E-state index in [1.165, 1.54) is 7.05 Å². The van der Waals surface area contributed by atoms with E-state index in [0.29, 0.717) is 74.4 Å². The van der Waals surface area contributed by atoms with Crippen LogP contribution in [0.1, 0.15) is 80.4 Å². The van der Waals surface area contributed by atoms with E-state index in [1.54, 1.807) is 28.9 Å². The number of aromatic nitrogens is 3. The predicted molar refractivity (Wildman–Crippen MR) is 143 cm³/mol. The minimum absolute atomic E-state index is 0.0126. The minimum atomic E-state index is -2.80. The highest BCUT2D eigenvalue weighted by molar-refractivity contribution is 6.31. The van der Waals surface area contributed by atoms with E-state index in [9.17, 15) is 28.3 Å². The molecular formula is C28H34ClF2N5O5. The number of carbonyl (C=O) groups excluding carboxylic acids is 2. The van der Waals surface area contributed by atoms with Gasteiger partial charge in [0.15, 0.2) is 0 Å². The van der Waals surface area contributed by atoms with Gasteiger partial charge in [-0.05, 0) is 49.8 Å². The molecular weight excluding hydrogens is 560 g/mol. The topological polar surface area (TPSA) is 118 Å². The Kier molecular flexibility index (Phi) is 8.22. The number of ether oxygens (including phenoxy) is 1. The average molecular weight is 594 g/mol. The quantitative estimate of drug-likeness (QED) is 0.460. The molecule has 1 N–H and O–H groups in total. The summed E-state index contributed by atoms with van der Waals surface area (Å²) >= 11 is 6.63. The summed E-state index contributed by atoms with van der Waals surface area (Å²) in [5, 5.41) is 18.2. The smallest absolute Gasteiger partial charge is 0.310 e. The standard InChI is InChI=1S/C28H34ClF2N5O5/c1-3-28(27(39)40)11-4-6-17(28)26(38)36-13-10-16-18(29)8-9-21(23(16)20(36)14-35-12-5-7-22(35)37)41-15-19-24(25(30)31)34(2)33-32-19/h8-9,17,20,25H,3-7,10-15H2,1-2H3,(H,39,40)/t17?,20-,28?/m1/s1. The Balaban J connectivity index is 1.54. The third-order valence-corrected chi connectivity index (χ3v) is 9.43. The van der Waals surface area contributed by atoms with Gasteiger partial charge in [0.25, 0.3) is 6.43 Å². The van der Waals surface area contributed by atoms with E-state index in [-0.39, 0.29) is 36.4 Å². The van der Waals surface area contributed by atoms with E-state index in [2.05, 4.69) is 10.3 Å². The second-order valence-corrected chi connectivity index (χ2v) is 11.5. The summed E-state index contributed by atoms with van der Waals surface area (Å²) in [6.07, 6.45) is 0.594. The Morgan fingerprint density at radius 1 is 1.24 bits per heavy atom. The summed E-state index contributed by atoms with van der Waals surface area (Å²) in [6, 6.07) is 2.65. The van der Waals surface area contributed by atoms with Crippen molar-refractivity contribution in [3.8, 4) is 5.75 Å². The number of rotatable bonds is 9. The molecule has 41 heavy (non-hydrogen) atoms. The number of hydrogen-bond acceptors (Lipinski definition) is 6. The van der Waals surface area contributed by atoms with Gasteiger partial charge in [-0.2, -0.15) is 0 Å². The highest BCUT2D eigenvalue weighted by Gasteiger charge is 2.53. The van der Waals surface area contributed by atoms with Gasteiger partial charge in [0, 0.05) is 43.7 Å². The van der Waals surface area contributed by atoms with E-state index >= 15 is 0 Å². The van der Waals surface area contributed by atoms with Crippen LogP contribution in [0.15, 0.2) is 12.1 Å². The summed E-state index contributed by atoms with van der Waals surface area (Å²) in [5.41, 5.74) is -0.147. The van der Waals surface area contributed by atoms with E-state index in [4.69, 9.17) is 16.3 Å². The fourth-order valence-corrected chi connectivity index (χ4v) is 7.11. The van der Waals surface area contributed by atoms with Crippen LogP contribution >= 0.6 is 11.6 Å². The molecule has 1 aromatic heterocycles. The molecule has 1 saturated heterocycles. The number of benzene rings is 1. The molecule has 0 bridgehead atoms. The molecule has 1 saturated carbocycles. The van der Waals surface area contributed by atoms with Crippen LogP contribution in [-0.2, 0) is 34.5 Å². The Labute approximate surface area is 241 Å². The molecule has 2 aliphatic heterocycles. The zero-order valence-electron chi connectivity index (χ0n) is 23.1. The van der Waals surface area contributed by atoms with Crippen molar-refractivity contribution in [2.75, 3.05) is 19.6 Å². The molecule has 2 amide bonds. The number of alkyl halides is 2. The zero-order chi connectivity index (χ0) is 29.5. The monoisotopic (exact) mass is 593 g/mol. The number of carboxylic acids is 1. The molecule has 0 radical (unpaired) electrons. The van der Waals surface area contributed by atoms with Crippen LogP contribution in [0.5, 0.6) is 5.75 Å². The van der Waals surface area contributed by atoms with Crippen molar-refractivity contribution in [3.63, 3.8) is 0 Å². The first-order chi connectivity index (χ1) is 19.6. The van der Waals surface area contributed by atoms with Crippen molar-refractivity contribution in [3.05, 3.63) is 39.7 Å². The Morgan fingerprint density at radius 2 is 2.02 bits per heavy atom. The number of carboxylic acid groups (broad SMARTS) is 1. The van der Waals surface area contributed by atoms with Crippen molar-refractivity contribution in [1.29, 1.82) is 0 Å². The van der Waals surface area contributed by atoms with Gasteiger partial charge >= 0.3 is 5.97 Å². The van der Waals surface area contributed by atoms with Crippen molar-refractivity contribution < 1.29 is 33.0 Å². The van der Waals surface area contributed by atoms with Crippen LogP contribution in [0, 0.1) is 11.3 Å². The lowest BCUT2D eigenvalue weighted by Crippen LogP contribution is -2.51.